The Morgan fingerprint density at radius 3 is 2.80 bits per heavy atom. The maximum atomic E-state index is 13.3. The quantitative estimate of drug-likeness (QED) is 0.794. The number of hydrogen-bond acceptors (Lipinski definition) is 2. The first-order chi connectivity index (χ1) is 7.04. The molecule has 0 amide bonds. The van der Waals surface area contributed by atoms with Gasteiger partial charge < -0.3 is 0 Å². The Labute approximate surface area is 92.3 Å². The summed E-state index contributed by atoms with van der Waals surface area (Å²) < 4.78 is 13.3. The maximum Gasteiger partial charge on any atom is 0.147 e. The van der Waals surface area contributed by atoms with E-state index in [1.807, 2.05) is 6.07 Å². The summed E-state index contributed by atoms with van der Waals surface area (Å²) in [5.41, 5.74) is 0.334. The van der Waals surface area contributed by atoms with Gasteiger partial charge in [-0.1, -0.05) is 17.7 Å². The summed E-state index contributed by atoms with van der Waals surface area (Å²) in [6.07, 6.45) is 0.0921. The molecule has 0 aliphatic carbocycles. The van der Waals surface area contributed by atoms with Gasteiger partial charge in [0.05, 0.1) is 6.07 Å². The molecule has 0 aliphatic rings. The lowest BCUT2D eigenvalue weighted by Crippen LogP contribution is -2.12. The van der Waals surface area contributed by atoms with Crippen molar-refractivity contribution in [3.8, 4) is 6.07 Å². The SMILES string of the molecule is CC(=O)[C@H](C#N)Cc1ccc(Cl)cc1F. The fraction of sp³-hybridized carbons (Fsp3) is 0.273. The van der Waals surface area contributed by atoms with E-state index < -0.39 is 11.7 Å². The molecule has 0 unspecified atom stereocenters. The van der Waals surface area contributed by atoms with Crippen LogP contribution in [0.4, 0.5) is 4.39 Å². The van der Waals surface area contributed by atoms with Gasteiger partial charge >= 0.3 is 0 Å². The molecule has 2 nitrogen and oxygen atoms in total. The number of rotatable bonds is 3. The van der Waals surface area contributed by atoms with Crippen LogP contribution in [-0.2, 0) is 11.2 Å². The van der Waals surface area contributed by atoms with E-state index in [-0.39, 0.29) is 12.2 Å². The van der Waals surface area contributed by atoms with Gasteiger partial charge in [-0.2, -0.15) is 5.26 Å². The van der Waals surface area contributed by atoms with Crippen LogP contribution in [0.2, 0.25) is 5.02 Å². The molecule has 4 heteroatoms. The fourth-order valence-corrected chi connectivity index (χ4v) is 1.35. The van der Waals surface area contributed by atoms with Crippen molar-refractivity contribution in [2.24, 2.45) is 5.92 Å². The first kappa shape index (κ1) is 11.7. The highest BCUT2D eigenvalue weighted by Gasteiger charge is 2.16. The number of hydrogen-bond donors (Lipinski definition) is 0. The first-order valence-corrected chi connectivity index (χ1v) is 4.76. The molecule has 15 heavy (non-hydrogen) atoms. The van der Waals surface area contributed by atoms with Gasteiger partial charge in [0.2, 0.25) is 0 Å². The molecule has 0 N–H and O–H groups in total. The zero-order chi connectivity index (χ0) is 11.4. The van der Waals surface area contributed by atoms with Crippen LogP contribution < -0.4 is 0 Å². The summed E-state index contributed by atoms with van der Waals surface area (Å²) in [7, 11) is 0. The van der Waals surface area contributed by atoms with E-state index in [1.54, 1.807) is 0 Å². The van der Waals surface area contributed by atoms with Gasteiger partial charge in [-0.05, 0) is 31.0 Å². The molecule has 1 atom stereocenters. The molecule has 0 heterocycles. The van der Waals surface area contributed by atoms with E-state index in [2.05, 4.69) is 0 Å². The van der Waals surface area contributed by atoms with Gasteiger partial charge in [0.1, 0.15) is 17.5 Å². The zero-order valence-corrected chi connectivity index (χ0v) is 8.88. The molecule has 0 fully saturated rings. The number of carbonyl (C=O) groups is 1. The molecule has 0 bridgehead atoms. The molecular formula is C11H9ClFNO. The second kappa shape index (κ2) is 4.90. The van der Waals surface area contributed by atoms with Crippen molar-refractivity contribution in [3.63, 3.8) is 0 Å². The van der Waals surface area contributed by atoms with Gasteiger partial charge in [0, 0.05) is 5.02 Å². The van der Waals surface area contributed by atoms with Crippen LogP contribution >= 0.6 is 11.6 Å². The lowest BCUT2D eigenvalue weighted by atomic mass is 9.97. The summed E-state index contributed by atoms with van der Waals surface area (Å²) >= 11 is 5.58. The van der Waals surface area contributed by atoms with Gasteiger partial charge in [-0.15, -0.1) is 0 Å². The van der Waals surface area contributed by atoms with E-state index in [1.165, 1.54) is 25.1 Å². The lowest BCUT2D eigenvalue weighted by molar-refractivity contribution is -0.119. The van der Waals surface area contributed by atoms with E-state index in [9.17, 15) is 9.18 Å². The van der Waals surface area contributed by atoms with Crippen LogP contribution in [0.25, 0.3) is 0 Å². The van der Waals surface area contributed by atoms with Crippen molar-refractivity contribution in [1.29, 1.82) is 5.26 Å². The van der Waals surface area contributed by atoms with E-state index >= 15 is 0 Å². The minimum atomic E-state index is -0.791. The molecule has 0 saturated carbocycles. The standard InChI is InChI=1S/C11H9ClFNO/c1-7(15)9(6-14)4-8-2-3-10(12)5-11(8)13/h2-3,5,9H,4H2,1H3/t9-/m0/s1. The third kappa shape index (κ3) is 3.03. The molecule has 78 valence electrons. The van der Waals surface area contributed by atoms with E-state index in [0.717, 1.165) is 0 Å². The van der Waals surface area contributed by atoms with Crippen LogP contribution in [0.15, 0.2) is 18.2 Å². The van der Waals surface area contributed by atoms with Crippen molar-refractivity contribution in [1.82, 2.24) is 0 Å². The summed E-state index contributed by atoms with van der Waals surface area (Å²) in [6, 6.07) is 6.04. The number of nitrogens with zero attached hydrogens (tertiary/aromatic N) is 1. The molecule has 1 rings (SSSR count). The monoisotopic (exact) mass is 225 g/mol. The first-order valence-electron chi connectivity index (χ1n) is 4.38. The summed E-state index contributed by atoms with van der Waals surface area (Å²) in [4.78, 5) is 11.0. The Bertz CT molecular complexity index is 425. The van der Waals surface area contributed by atoms with Gasteiger partial charge in [-0.3, -0.25) is 4.79 Å². The summed E-state index contributed by atoms with van der Waals surface area (Å²) in [5, 5.41) is 8.98. The van der Waals surface area contributed by atoms with Gasteiger partial charge in [-0.25, -0.2) is 4.39 Å². The second-order valence-electron chi connectivity index (χ2n) is 3.23. The molecule has 0 saturated heterocycles. The topological polar surface area (TPSA) is 40.9 Å². The molecular weight excluding hydrogens is 217 g/mol. The van der Waals surface area contributed by atoms with Crippen LogP contribution in [-0.4, -0.2) is 5.78 Å². The van der Waals surface area contributed by atoms with E-state index in [4.69, 9.17) is 16.9 Å². The Kier molecular flexibility index (Phi) is 3.81. The lowest BCUT2D eigenvalue weighted by Gasteiger charge is -2.06. The van der Waals surface area contributed by atoms with Crippen molar-refractivity contribution < 1.29 is 9.18 Å². The highest BCUT2D eigenvalue weighted by Crippen LogP contribution is 2.17. The van der Waals surface area contributed by atoms with Crippen molar-refractivity contribution in [3.05, 3.63) is 34.6 Å². The highest BCUT2D eigenvalue weighted by atomic mass is 35.5. The third-order valence-corrected chi connectivity index (χ3v) is 2.32. The minimum Gasteiger partial charge on any atom is -0.299 e. The summed E-state index contributed by atoms with van der Waals surface area (Å²) in [5.74, 6) is -1.53. The smallest absolute Gasteiger partial charge is 0.147 e. The van der Waals surface area contributed by atoms with Crippen LogP contribution in [0.5, 0.6) is 0 Å². The van der Waals surface area contributed by atoms with Gasteiger partial charge in [0.25, 0.3) is 0 Å². The van der Waals surface area contributed by atoms with Crippen molar-refractivity contribution in [2.45, 2.75) is 13.3 Å². The van der Waals surface area contributed by atoms with Crippen molar-refractivity contribution >= 4 is 17.4 Å². The third-order valence-electron chi connectivity index (χ3n) is 2.09. The van der Waals surface area contributed by atoms with Gasteiger partial charge in [0.15, 0.2) is 0 Å². The summed E-state index contributed by atoms with van der Waals surface area (Å²) in [6.45, 7) is 1.32. The predicted molar refractivity (Wildman–Crippen MR) is 54.9 cm³/mol. The number of nitriles is 1. The Balaban J connectivity index is 2.90. The van der Waals surface area contributed by atoms with Crippen LogP contribution in [0, 0.1) is 23.1 Å². The molecule has 0 aliphatic heterocycles. The maximum absolute atomic E-state index is 13.3. The Morgan fingerprint density at radius 2 is 2.33 bits per heavy atom. The molecule has 0 aromatic heterocycles. The van der Waals surface area contributed by atoms with Crippen molar-refractivity contribution in [2.75, 3.05) is 0 Å². The van der Waals surface area contributed by atoms with Crippen LogP contribution in [0.1, 0.15) is 12.5 Å². The largest absolute Gasteiger partial charge is 0.299 e. The molecule has 0 spiro atoms. The number of benzene rings is 1. The highest BCUT2D eigenvalue weighted by molar-refractivity contribution is 6.30. The Morgan fingerprint density at radius 1 is 1.67 bits per heavy atom. The average Bonchev–Trinajstić information content (AvgIpc) is 2.16. The predicted octanol–water partition coefficient (Wildman–Crippen LogP) is 2.75. The Hall–Kier alpha value is -1.40. The normalized spacial score (nSPS) is 11.9. The number of Topliss-reactive ketones (excluding diaryl/α,β-unsaturated/α-hetero) is 1. The fourth-order valence-electron chi connectivity index (χ4n) is 1.19. The average molecular weight is 226 g/mol. The number of halogens is 2. The number of ketones is 1. The number of carbonyl (C=O) groups excluding carboxylic acids is 1. The van der Waals surface area contributed by atoms with Crippen LogP contribution in [0.3, 0.4) is 0 Å². The van der Waals surface area contributed by atoms with E-state index in [0.29, 0.717) is 10.6 Å². The molecule has 1 aromatic rings. The molecule has 1 aromatic carbocycles. The molecule has 0 radical (unpaired) electrons. The zero-order valence-electron chi connectivity index (χ0n) is 8.13. The minimum absolute atomic E-state index is 0.0921. The second-order valence-corrected chi connectivity index (χ2v) is 3.67.